The number of rotatable bonds is 44. The van der Waals surface area contributed by atoms with Gasteiger partial charge in [-0.2, -0.15) is 0 Å². The second-order valence-corrected chi connectivity index (χ2v) is 18.9. The lowest BCUT2D eigenvalue weighted by Gasteiger charge is -2.28. The summed E-state index contributed by atoms with van der Waals surface area (Å²) in [6.07, 6.45) is 50.0. The number of likely N-dealkylation sites (N-methyl/N-ethyl adjacent to an activating group) is 1. The molecule has 0 aromatic carbocycles. The summed E-state index contributed by atoms with van der Waals surface area (Å²) in [5.74, 6) is -0.854. The topological polar surface area (TPSA) is 111 Å². The molecule has 0 amide bonds. The van der Waals surface area contributed by atoms with Gasteiger partial charge in [-0.1, -0.05) is 172 Å². The molecule has 350 valence electrons. The summed E-state index contributed by atoms with van der Waals surface area (Å²) in [4.78, 5) is 37.6. The van der Waals surface area contributed by atoms with E-state index >= 15 is 0 Å². The van der Waals surface area contributed by atoms with Gasteiger partial charge in [-0.15, -0.1) is 0 Å². The summed E-state index contributed by atoms with van der Waals surface area (Å²) >= 11 is 0. The molecule has 0 rings (SSSR count). The third-order valence-electron chi connectivity index (χ3n) is 10.3. The zero-order valence-electron chi connectivity index (χ0n) is 39.4. The second kappa shape index (κ2) is 42.3. The molecule has 0 heterocycles. The van der Waals surface area contributed by atoms with Crippen molar-refractivity contribution in [3.05, 3.63) is 48.6 Å². The first-order chi connectivity index (χ1) is 29.0. The molecule has 0 saturated carbocycles. The normalized spacial score (nSPS) is 13.9. The van der Waals surface area contributed by atoms with E-state index in [0.717, 1.165) is 70.6 Å². The minimum absolute atomic E-state index is 0.0358. The number of hydrogen-bond donors (Lipinski definition) is 0. The molecule has 60 heavy (non-hydrogen) atoms. The van der Waals surface area contributed by atoms with E-state index in [-0.39, 0.29) is 26.1 Å². The van der Waals surface area contributed by atoms with E-state index in [4.69, 9.17) is 18.5 Å². The molecule has 0 spiro atoms. The van der Waals surface area contributed by atoms with Gasteiger partial charge in [0.1, 0.15) is 19.8 Å². The van der Waals surface area contributed by atoms with Crippen molar-refractivity contribution in [2.75, 3.05) is 47.5 Å². The maximum absolute atomic E-state index is 12.7. The second-order valence-electron chi connectivity index (χ2n) is 17.4. The maximum Gasteiger partial charge on any atom is 0.306 e. The molecule has 0 bridgehead atoms. The molecular weight excluding hydrogens is 774 g/mol. The number of hydrogen-bond acceptors (Lipinski definition) is 8. The Morgan fingerprint density at radius 2 is 0.950 bits per heavy atom. The smallest absolute Gasteiger partial charge is 0.306 e. The van der Waals surface area contributed by atoms with Crippen molar-refractivity contribution < 1.29 is 42.1 Å². The molecule has 2 atom stereocenters. The van der Waals surface area contributed by atoms with E-state index in [9.17, 15) is 19.0 Å². The fraction of sp³-hybridized carbons (Fsp3) is 0.800. The molecule has 0 aromatic heterocycles. The lowest BCUT2D eigenvalue weighted by Crippen LogP contribution is -2.37. The number of carbonyl (C=O) groups excluding carboxylic acids is 2. The Balaban J connectivity index is 4.27. The number of allylic oxidation sites excluding steroid dienone is 8. The Hall–Kier alpha value is -2.03. The predicted octanol–water partition coefficient (Wildman–Crippen LogP) is 13.6. The monoisotopic (exact) mass is 866 g/mol. The molecule has 2 unspecified atom stereocenters. The Morgan fingerprint density at radius 1 is 0.533 bits per heavy atom. The van der Waals surface area contributed by atoms with Gasteiger partial charge in [0.25, 0.3) is 7.82 Å². The number of esters is 2. The molecule has 0 radical (unpaired) electrons. The van der Waals surface area contributed by atoms with Crippen LogP contribution in [0.1, 0.15) is 206 Å². The van der Waals surface area contributed by atoms with Crippen molar-refractivity contribution in [2.45, 2.75) is 213 Å². The van der Waals surface area contributed by atoms with E-state index in [2.05, 4.69) is 62.5 Å². The highest BCUT2D eigenvalue weighted by atomic mass is 31.2. The number of unbranched alkanes of at least 4 members (excludes halogenated alkanes) is 22. The molecule has 0 saturated heterocycles. The fourth-order valence-corrected chi connectivity index (χ4v) is 7.27. The minimum atomic E-state index is -4.63. The van der Waals surface area contributed by atoms with Crippen LogP contribution in [0.5, 0.6) is 0 Å². The quantitative estimate of drug-likeness (QED) is 0.0196. The van der Waals surface area contributed by atoms with Gasteiger partial charge >= 0.3 is 11.9 Å². The highest BCUT2D eigenvalue weighted by Crippen LogP contribution is 2.38. The number of ether oxygens (including phenoxy) is 2. The van der Waals surface area contributed by atoms with Crippen LogP contribution in [0.2, 0.25) is 0 Å². The predicted molar refractivity (Wildman–Crippen MR) is 250 cm³/mol. The van der Waals surface area contributed by atoms with Gasteiger partial charge in [0.05, 0.1) is 27.7 Å². The first-order valence-electron chi connectivity index (χ1n) is 24.3. The number of phosphoric ester groups is 1. The molecule has 0 aliphatic carbocycles. The highest BCUT2D eigenvalue weighted by molar-refractivity contribution is 7.45. The van der Waals surface area contributed by atoms with Crippen LogP contribution in [-0.2, 0) is 32.7 Å². The Bertz CT molecular complexity index is 1160. The maximum atomic E-state index is 12.7. The van der Waals surface area contributed by atoms with Crippen molar-refractivity contribution >= 4 is 19.8 Å². The van der Waals surface area contributed by atoms with Crippen LogP contribution in [0.25, 0.3) is 0 Å². The average Bonchev–Trinajstić information content (AvgIpc) is 3.20. The van der Waals surface area contributed by atoms with Gasteiger partial charge in [0.2, 0.25) is 0 Å². The van der Waals surface area contributed by atoms with Crippen LogP contribution < -0.4 is 4.89 Å². The zero-order chi connectivity index (χ0) is 44.3. The zero-order valence-corrected chi connectivity index (χ0v) is 40.3. The summed E-state index contributed by atoms with van der Waals surface area (Å²) in [7, 11) is 1.15. The number of carbonyl (C=O) groups is 2. The lowest BCUT2D eigenvalue weighted by molar-refractivity contribution is -0.870. The van der Waals surface area contributed by atoms with Crippen LogP contribution >= 0.6 is 7.82 Å². The van der Waals surface area contributed by atoms with Crippen molar-refractivity contribution in [3.8, 4) is 0 Å². The van der Waals surface area contributed by atoms with Crippen molar-refractivity contribution in [1.29, 1.82) is 0 Å². The summed E-state index contributed by atoms with van der Waals surface area (Å²) in [5.41, 5.74) is 0. The van der Waals surface area contributed by atoms with E-state index in [1.807, 2.05) is 21.1 Å². The largest absolute Gasteiger partial charge is 0.756 e. The minimum Gasteiger partial charge on any atom is -0.756 e. The average molecular weight is 866 g/mol. The van der Waals surface area contributed by atoms with E-state index in [1.165, 1.54) is 103 Å². The summed E-state index contributed by atoms with van der Waals surface area (Å²) in [6.45, 7) is 4.10. The van der Waals surface area contributed by atoms with E-state index in [0.29, 0.717) is 17.4 Å². The van der Waals surface area contributed by atoms with Gasteiger partial charge in [-0.3, -0.25) is 14.2 Å². The molecule has 0 fully saturated rings. The lowest BCUT2D eigenvalue weighted by atomic mass is 10.1. The van der Waals surface area contributed by atoms with Crippen LogP contribution in [0.15, 0.2) is 48.6 Å². The van der Waals surface area contributed by atoms with E-state index in [1.54, 1.807) is 0 Å². The Kier molecular flexibility index (Phi) is 40.8. The van der Waals surface area contributed by atoms with Gasteiger partial charge < -0.3 is 27.9 Å². The third kappa shape index (κ3) is 45.5. The summed E-state index contributed by atoms with van der Waals surface area (Å²) in [5, 5.41) is 0. The van der Waals surface area contributed by atoms with Crippen molar-refractivity contribution in [1.82, 2.24) is 0 Å². The summed E-state index contributed by atoms with van der Waals surface area (Å²) < 4.78 is 34.0. The molecule has 10 heteroatoms. The van der Waals surface area contributed by atoms with Gasteiger partial charge in [0, 0.05) is 12.8 Å². The number of nitrogens with zero attached hydrogens (tertiary/aromatic N) is 1. The van der Waals surface area contributed by atoms with Crippen LogP contribution in [-0.4, -0.2) is 70.0 Å². The van der Waals surface area contributed by atoms with Crippen LogP contribution in [0.4, 0.5) is 0 Å². The Morgan fingerprint density at radius 3 is 1.43 bits per heavy atom. The highest BCUT2D eigenvalue weighted by Gasteiger charge is 2.21. The van der Waals surface area contributed by atoms with Crippen LogP contribution in [0, 0.1) is 0 Å². The van der Waals surface area contributed by atoms with Gasteiger partial charge in [-0.25, -0.2) is 0 Å². The van der Waals surface area contributed by atoms with Crippen LogP contribution in [0.3, 0.4) is 0 Å². The third-order valence-corrected chi connectivity index (χ3v) is 11.3. The number of phosphoric acid groups is 1. The number of quaternary nitrogens is 1. The van der Waals surface area contributed by atoms with Crippen molar-refractivity contribution in [3.63, 3.8) is 0 Å². The molecule has 0 N–H and O–H groups in total. The standard InChI is InChI=1S/C50H92NO8P/c1-6-8-10-12-14-16-18-20-22-23-24-25-26-27-29-30-32-34-36-38-40-42-49(52)56-46-48(47-58-60(54,55)57-45-44-51(3,4)5)59-50(53)43-41-39-37-35-33-31-28-21-19-17-15-13-11-9-7-2/h9,11,15,17,21,23-24,28,48H,6-8,10,12-14,16,18-20,22,25-27,29-47H2,1-5H3/b11-9-,17-15-,24-23-,28-21-. The molecule has 0 aliphatic heterocycles. The Labute approximate surface area is 369 Å². The van der Waals surface area contributed by atoms with E-state index < -0.39 is 32.5 Å². The first kappa shape index (κ1) is 58.0. The molecular formula is C50H92NO8P. The van der Waals surface area contributed by atoms with Crippen molar-refractivity contribution in [2.24, 2.45) is 0 Å². The van der Waals surface area contributed by atoms with Gasteiger partial charge in [0.15, 0.2) is 6.10 Å². The molecule has 9 nitrogen and oxygen atoms in total. The molecule has 0 aromatic rings. The molecule has 0 aliphatic rings. The van der Waals surface area contributed by atoms with Gasteiger partial charge in [-0.05, 0) is 70.6 Å². The fourth-order valence-electron chi connectivity index (χ4n) is 6.55. The summed E-state index contributed by atoms with van der Waals surface area (Å²) in [6, 6.07) is 0. The SMILES string of the molecule is CC/C=C\C/C=C\C/C=C\CCCCCCCC(=O)OC(COC(=O)CCCCCCCCCCC/C=C\CCCCCCCCCC)COP(=O)([O-])OCC[N+](C)(C)C. The first-order valence-corrected chi connectivity index (χ1v) is 25.8.